The molecule has 0 bridgehead atoms. The van der Waals surface area contributed by atoms with Crippen molar-refractivity contribution in [3.63, 3.8) is 0 Å². The molecule has 0 aliphatic rings. The first-order valence-corrected chi connectivity index (χ1v) is 9.23. The second-order valence-corrected chi connectivity index (χ2v) is 6.94. The molecule has 0 aliphatic carbocycles. The van der Waals surface area contributed by atoms with Crippen molar-refractivity contribution in [1.82, 2.24) is 20.2 Å². The number of aromatic nitrogens is 2. The van der Waals surface area contributed by atoms with Crippen LogP contribution in [0.1, 0.15) is 21.5 Å². The van der Waals surface area contributed by atoms with Gasteiger partial charge in [-0.15, -0.1) is 0 Å². The van der Waals surface area contributed by atoms with Crippen LogP contribution in [0.25, 0.3) is 0 Å². The van der Waals surface area contributed by atoms with Gasteiger partial charge in [0.1, 0.15) is 0 Å². The number of halogens is 1. The Morgan fingerprint density at radius 3 is 2.52 bits per heavy atom. The van der Waals surface area contributed by atoms with Crippen molar-refractivity contribution >= 4 is 27.7 Å². The summed E-state index contributed by atoms with van der Waals surface area (Å²) >= 11 is 3.32. The fourth-order valence-corrected chi connectivity index (χ4v) is 2.91. The SMILES string of the molecule is O=C(CNC(=O)c1cccc(Br)c1)NCc1ccc(Cn2ccnc2)cc1. The van der Waals surface area contributed by atoms with Crippen molar-refractivity contribution < 1.29 is 9.59 Å². The number of carbonyl (C=O) groups is 2. The predicted molar refractivity (Wildman–Crippen MR) is 106 cm³/mol. The number of carbonyl (C=O) groups excluding carboxylic acids is 2. The lowest BCUT2D eigenvalue weighted by Crippen LogP contribution is -2.36. The molecule has 0 radical (unpaired) electrons. The van der Waals surface area contributed by atoms with Gasteiger partial charge in [-0.05, 0) is 29.3 Å². The second kappa shape index (κ2) is 9.14. The highest BCUT2D eigenvalue weighted by molar-refractivity contribution is 9.10. The van der Waals surface area contributed by atoms with Crippen LogP contribution in [-0.2, 0) is 17.9 Å². The Hall–Kier alpha value is -2.93. The minimum absolute atomic E-state index is 0.0654. The van der Waals surface area contributed by atoms with E-state index in [2.05, 4.69) is 31.5 Å². The molecule has 0 saturated carbocycles. The molecule has 0 saturated heterocycles. The molecule has 3 rings (SSSR count). The van der Waals surface area contributed by atoms with Crippen LogP contribution in [0.4, 0.5) is 0 Å². The van der Waals surface area contributed by atoms with Crippen LogP contribution in [0.15, 0.2) is 71.7 Å². The van der Waals surface area contributed by atoms with E-state index in [1.165, 1.54) is 0 Å². The van der Waals surface area contributed by atoms with E-state index in [1.54, 1.807) is 30.7 Å². The normalized spacial score (nSPS) is 10.4. The topological polar surface area (TPSA) is 76.0 Å². The number of rotatable bonds is 7. The molecule has 0 aliphatic heterocycles. The number of nitrogens with zero attached hydrogens (tertiary/aromatic N) is 2. The van der Waals surface area contributed by atoms with Crippen molar-refractivity contribution in [3.05, 3.63) is 88.4 Å². The molecule has 2 N–H and O–H groups in total. The summed E-state index contributed by atoms with van der Waals surface area (Å²) in [6.07, 6.45) is 5.44. The maximum atomic E-state index is 12.0. The monoisotopic (exact) mass is 426 g/mol. The average Bonchev–Trinajstić information content (AvgIpc) is 3.18. The summed E-state index contributed by atoms with van der Waals surface area (Å²) in [5.41, 5.74) is 2.66. The van der Waals surface area contributed by atoms with E-state index < -0.39 is 0 Å². The fourth-order valence-electron chi connectivity index (χ4n) is 2.51. The van der Waals surface area contributed by atoms with Gasteiger partial charge in [0, 0.05) is 35.5 Å². The molecular formula is C20H19BrN4O2. The van der Waals surface area contributed by atoms with Crippen molar-refractivity contribution in [3.8, 4) is 0 Å². The van der Waals surface area contributed by atoms with Gasteiger partial charge >= 0.3 is 0 Å². The lowest BCUT2D eigenvalue weighted by atomic mass is 10.1. The molecule has 6 nitrogen and oxygen atoms in total. The average molecular weight is 427 g/mol. The van der Waals surface area contributed by atoms with Gasteiger partial charge in [0.15, 0.2) is 0 Å². The Morgan fingerprint density at radius 1 is 1.04 bits per heavy atom. The van der Waals surface area contributed by atoms with Crippen molar-refractivity contribution in [1.29, 1.82) is 0 Å². The third kappa shape index (κ3) is 5.79. The van der Waals surface area contributed by atoms with Crippen LogP contribution in [0.2, 0.25) is 0 Å². The van der Waals surface area contributed by atoms with Gasteiger partial charge in [0.25, 0.3) is 5.91 Å². The Kier molecular flexibility index (Phi) is 6.38. The zero-order valence-corrected chi connectivity index (χ0v) is 16.1. The standard InChI is InChI=1S/C20H19BrN4O2/c21-18-3-1-2-17(10-18)20(27)24-12-19(26)23-11-15-4-6-16(7-5-15)13-25-9-8-22-14-25/h1-10,14H,11-13H2,(H,23,26)(H,24,27). The number of amides is 2. The van der Waals surface area contributed by atoms with E-state index >= 15 is 0 Å². The zero-order valence-electron chi connectivity index (χ0n) is 14.6. The Balaban J connectivity index is 1.43. The van der Waals surface area contributed by atoms with Gasteiger partial charge in [0.2, 0.25) is 5.91 Å². The summed E-state index contributed by atoms with van der Waals surface area (Å²) in [5, 5.41) is 5.42. The molecule has 2 aromatic carbocycles. The second-order valence-electron chi connectivity index (χ2n) is 6.02. The molecule has 0 fully saturated rings. The van der Waals surface area contributed by atoms with Crippen LogP contribution in [-0.4, -0.2) is 27.9 Å². The highest BCUT2D eigenvalue weighted by Crippen LogP contribution is 2.11. The molecule has 0 atom stereocenters. The number of nitrogens with one attached hydrogen (secondary N) is 2. The van der Waals surface area contributed by atoms with E-state index in [9.17, 15) is 9.59 Å². The van der Waals surface area contributed by atoms with Gasteiger partial charge in [-0.1, -0.05) is 46.3 Å². The van der Waals surface area contributed by atoms with Crippen molar-refractivity contribution in [2.24, 2.45) is 0 Å². The highest BCUT2D eigenvalue weighted by Gasteiger charge is 2.08. The predicted octanol–water partition coefficient (Wildman–Crippen LogP) is 2.74. The third-order valence-corrected chi connectivity index (χ3v) is 4.43. The fraction of sp³-hybridized carbons (Fsp3) is 0.150. The molecule has 138 valence electrons. The molecule has 0 spiro atoms. The van der Waals surface area contributed by atoms with Crippen LogP contribution < -0.4 is 10.6 Å². The highest BCUT2D eigenvalue weighted by atomic mass is 79.9. The first-order valence-electron chi connectivity index (χ1n) is 8.44. The molecule has 27 heavy (non-hydrogen) atoms. The molecule has 1 aromatic heterocycles. The van der Waals surface area contributed by atoms with Gasteiger partial charge in [-0.25, -0.2) is 4.98 Å². The quantitative estimate of drug-likeness (QED) is 0.609. The van der Waals surface area contributed by atoms with Gasteiger partial charge in [-0.2, -0.15) is 0 Å². The number of benzene rings is 2. The van der Waals surface area contributed by atoms with Crippen LogP contribution >= 0.6 is 15.9 Å². The molecule has 7 heteroatoms. The van der Waals surface area contributed by atoms with E-state index in [-0.39, 0.29) is 18.4 Å². The first kappa shape index (κ1) is 18.8. The molecule has 0 unspecified atom stereocenters. The minimum Gasteiger partial charge on any atom is -0.350 e. The van der Waals surface area contributed by atoms with E-state index in [0.717, 1.165) is 22.1 Å². The Labute approximate surface area is 165 Å². The first-order chi connectivity index (χ1) is 13.1. The smallest absolute Gasteiger partial charge is 0.251 e. The molecule has 1 heterocycles. The summed E-state index contributed by atoms with van der Waals surface area (Å²) < 4.78 is 2.81. The third-order valence-electron chi connectivity index (χ3n) is 3.93. The summed E-state index contributed by atoms with van der Waals surface area (Å²) in [6.45, 7) is 1.11. The van der Waals surface area contributed by atoms with Crippen molar-refractivity contribution in [2.75, 3.05) is 6.54 Å². The Bertz CT molecular complexity index is 908. The maximum absolute atomic E-state index is 12.0. The molecule has 2 amide bonds. The Morgan fingerprint density at radius 2 is 1.81 bits per heavy atom. The summed E-state index contributed by atoms with van der Waals surface area (Å²) in [4.78, 5) is 28.0. The minimum atomic E-state index is -0.282. The zero-order chi connectivity index (χ0) is 19.1. The number of imidazole rings is 1. The van der Waals surface area contributed by atoms with Gasteiger partial charge < -0.3 is 15.2 Å². The lowest BCUT2D eigenvalue weighted by Gasteiger charge is -2.08. The van der Waals surface area contributed by atoms with Crippen molar-refractivity contribution in [2.45, 2.75) is 13.1 Å². The number of hydrogen-bond acceptors (Lipinski definition) is 3. The van der Waals surface area contributed by atoms with Gasteiger partial charge in [-0.3, -0.25) is 9.59 Å². The summed E-state index contributed by atoms with van der Waals surface area (Å²) in [6, 6.07) is 15.0. The largest absolute Gasteiger partial charge is 0.350 e. The molecular weight excluding hydrogens is 408 g/mol. The van der Waals surface area contributed by atoms with Crippen LogP contribution in [0.5, 0.6) is 0 Å². The van der Waals surface area contributed by atoms with Crippen LogP contribution in [0.3, 0.4) is 0 Å². The lowest BCUT2D eigenvalue weighted by molar-refractivity contribution is -0.120. The maximum Gasteiger partial charge on any atom is 0.251 e. The van der Waals surface area contributed by atoms with E-state index in [0.29, 0.717) is 12.1 Å². The summed E-state index contributed by atoms with van der Waals surface area (Å²) in [5.74, 6) is -0.517. The van der Waals surface area contributed by atoms with Crippen LogP contribution in [0, 0.1) is 0 Å². The van der Waals surface area contributed by atoms with E-state index in [4.69, 9.17) is 0 Å². The summed E-state index contributed by atoms with van der Waals surface area (Å²) in [7, 11) is 0. The van der Waals surface area contributed by atoms with Gasteiger partial charge in [0.05, 0.1) is 12.9 Å². The van der Waals surface area contributed by atoms with E-state index in [1.807, 2.05) is 41.1 Å². The molecule has 3 aromatic rings. The number of hydrogen-bond donors (Lipinski definition) is 2.